The highest BCUT2D eigenvalue weighted by atomic mass is 79.9. The second-order valence-electron chi connectivity index (χ2n) is 6.05. The van der Waals surface area contributed by atoms with Gasteiger partial charge in [-0.1, -0.05) is 0 Å². The number of hydrogen-bond donors (Lipinski definition) is 0. The summed E-state index contributed by atoms with van der Waals surface area (Å²) in [6.07, 6.45) is 3.01. The number of carbonyl (C=O) groups is 2. The fraction of sp³-hybridized carbons (Fsp3) is 0.533. The van der Waals surface area contributed by atoms with E-state index in [0.717, 1.165) is 10.9 Å². The predicted molar refractivity (Wildman–Crippen MR) is 81.8 cm³/mol. The maximum atomic E-state index is 12.5. The van der Waals surface area contributed by atoms with Crippen LogP contribution in [0.1, 0.15) is 44.1 Å². The Morgan fingerprint density at radius 1 is 1.38 bits per heavy atom. The molecule has 0 radical (unpaired) electrons. The molecular weight excluding hydrogens is 336 g/mol. The van der Waals surface area contributed by atoms with E-state index in [0.29, 0.717) is 18.7 Å². The van der Waals surface area contributed by atoms with Crippen molar-refractivity contribution in [3.63, 3.8) is 0 Å². The number of ether oxygens (including phenoxy) is 1. The molecule has 21 heavy (non-hydrogen) atoms. The van der Waals surface area contributed by atoms with Crippen LogP contribution in [0.4, 0.5) is 0 Å². The van der Waals surface area contributed by atoms with Crippen LogP contribution < -0.4 is 0 Å². The van der Waals surface area contributed by atoms with Crippen molar-refractivity contribution in [2.45, 2.75) is 45.3 Å². The predicted octanol–water partition coefficient (Wildman–Crippen LogP) is 2.79. The zero-order chi connectivity index (χ0) is 15.6. The zero-order valence-electron chi connectivity index (χ0n) is 12.4. The van der Waals surface area contributed by atoms with Crippen molar-refractivity contribution in [1.29, 1.82) is 0 Å². The van der Waals surface area contributed by atoms with E-state index < -0.39 is 11.6 Å². The fourth-order valence-electron chi connectivity index (χ4n) is 2.27. The first-order valence-electron chi connectivity index (χ1n) is 6.93. The van der Waals surface area contributed by atoms with Crippen LogP contribution in [0.15, 0.2) is 22.8 Å². The molecule has 1 amide bonds. The summed E-state index contributed by atoms with van der Waals surface area (Å²) in [6, 6.07) is 2.90. The summed E-state index contributed by atoms with van der Waals surface area (Å²) in [7, 11) is 0. The van der Waals surface area contributed by atoms with E-state index >= 15 is 0 Å². The molecule has 2 heterocycles. The highest BCUT2D eigenvalue weighted by Crippen LogP contribution is 2.23. The smallest absolute Gasteiger partial charge is 0.329 e. The Hall–Kier alpha value is -1.43. The van der Waals surface area contributed by atoms with Crippen LogP contribution in [-0.4, -0.2) is 39.9 Å². The monoisotopic (exact) mass is 354 g/mol. The highest BCUT2D eigenvalue weighted by molar-refractivity contribution is 9.10. The molecule has 6 heteroatoms. The summed E-state index contributed by atoms with van der Waals surface area (Å²) in [6.45, 7) is 6.02. The third-order valence-electron chi connectivity index (χ3n) is 3.14. The number of aromatic nitrogens is 1. The number of hydrogen-bond acceptors (Lipinski definition) is 4. The van der Waals surface area contributed by atoms with Gasteiger partial charge >= 0.3 is 5.97 Å². The Bertz CT molecular complexity index is 537. The largest absolute Gasteiger partial charge is 0.458 e. The van der Waals surface area contributed by atoms with Crippen LogP contribution in [0.3, 0.4) is 0 Å². The van der Waals surface area contributed by atoms with Gasteiger partial charge in [0.25, 0.3) is 5.91 Å². The normalized spacial score (nSPS) is 18.7. The molecule has 1 fully saturated rings. The first-order valence-corrected chi connectivity index (χ1v) is 7.72. The quantitative estimate of drug-likeness (QED) is 0.766. The molecule has 0 unspecified atom stereocenters. The number of halogens is 1. The first-order chi connectivity index (χ1) is 9.78. The summed E-state index contributed by atoms with van der Waals surface area (Å²) < 4.78 is 6.21. The molecule has 1 aromatic rings. The van der Waals surface area contributed by atoms with E-state index in [2.05, 4.69) is 20.9 Å². The van der Waals surface area contributed by atoms with Gasteiger partial charge in [0.05, 0.1) is 0 Å². The second kappa shape index (κ2) is 6.13. The van der Waals surface area contributed by atoms with Crippen molar-refractivity contribution in [3.05, 3.63) is 28.5 Å². The van der Waals surface area contributed by atoms with Crippen molar-refractivity contribution >= 4 is 27.8 Å². The van der Waals surface area contributed by atoms with Gasteiger partial charge in [-0.05, 0) is 61.7 Å². The van der Waals surface area contributed by atoms with E-state index in [9.17, 15) is 9.59 Å². The molecular formula is C15H19BrN2O3. The Morgan fingerprint density at radius 3 is 2.67 bits per heavy atom. The standard InChI is InChI=1S/C15H19BrN2O3/c1-15(2,3)21-14(20)12-5-4-8-18(12)13(19)11-7-6-10(16)9-17-11/h6-7,9,12H,4-5,8H2,1-3H3/t12-/m1/s1. The third-order valence-corrected chi connectivity index (χ3v) is 3.61. The maximum Gasteiger partial charge on any atom is 0.329 e. The third kappa shape index (κ3) is 4.03. The van der Waals surface area contributed by atoms with Crippen molar-refractivity contribution in [2.75, 3.05) is 6.54 Å². The highest BCUT2D eigenvalue weighted by Gasteiger charge is 2.37. The molecule has 1 aliphatic rings. The molecule has 1 aromatic heterocycles. The minimum atomic E-state index is -0.551. The van der Waals surface area contributed by atoms with Gasteiger partial charge in [-0.2, -0.15) is 0 Å². The molecule has 5 nitrogen and oxygen atoms in total. The van der Waals surface area contributed by atoms with Gasteiger partial charge in [-0.3, -0.25) is 4.79 Å². The number of carbonyl (C=O) groups excluding carboxylic acids is 2. The SMILES string of the molecule is CC(C)(C)OC(=O)[C@H]1CCCN1C(=O)c1ccc(Br)cn1. The number of esters is 1. The minimum absolute atomic E-state index is 0.226. The van der Waals surface area contributed by atoms with E-state index in [4.69, 9.17) is 4.74 Å². The molecule has 0 saturated carbocycles. The number of rotatable bonds is 2. The number of nitrogens with zero attached hydrogens (tertiary/aromatic N) is 2. The summed E-state index contributed by atoms with van der Waals surface area (Å²) in [5.41, 5.74) is -0.210. The van der Waals surface area contributed by atoms with Gasteiger partial charge in [-0.25, -0.2) is 9.78 Å². The molecule has 114 valence electrons. The van der Waals surface area contributed by atoms with E-state index in [1.165, 1.54) is 0 Å². The maximum absolute atomic E-state index is 12.5. The van der Waals surface area contributed by atoms with Crippen molar-refractivity contribution in [1.82, 2.24) is 9.88 Å². The average molecular weight is 355 g/mol. The van der Waals surface area contributed by atoms with Gasteiger partial charge in [0.15, 0.2) is 0 Å². The summed E-state index contributed by atoms with van der Waals surface area (Å²) in [5.74, 6) is -0.568. The van der Waals surface area contributed by atoms with Gasteiger partial charge in [0.1, 0.15) is 17.3 Å². The van der Waals surface area contributed by atoms with Crippen LogP contribution in [0.5, 0.6) is 0 Å². The van der Waals surface area contributed by atoms with E-state index in [1.807, 2.05) is 20.8 Å². The molecule has 2 rings (SSSR count). The lowest BCUT2D eigenvalue weighted by molar-refractivity contribution is -0.159. The molecule has 1 saturated heterocycles. The van der Waals surface area contributed by atoms with Crippen molar-refractivity contribution in [2.24, 2.45) is 0 Å². The van der Waals surface area contributed by atoms with Crippen LogP contribution in [0.25, 0.3) is 0 Å². The summed E-state index contributed by atoms with van der Waals surface area (Å²) >= 11 is 3.28. The number of pyridine rings is 1. The molecule has 0 spiro atoms. The molecule has 0 aromatic carbocycles. The van der Waals surface area contributed by atoms with Crippen LogP contribution in [0.2, 0.25) is 0 Å². The lowest BCUT2D eigenvalue weighted by Crippen LogP contribution is -2.43. The molecule has 1 aliphatic heterocycles. The molecule has 0 aliphatic carbocycles. The minimum Gasteiger partial charge on any atom is -0.458 e. The summed E-state index contributed by atoms with van der Waals surface area (Å²) in [4.78, 5) is 30.4. The van der Waals surface area contributed by atoms with Gasteiger partial charge in [-0.15, -0.1) is 0 Å². The zero-order valence-corrected chi connectivity index (χ0v) is 14.0. The van der Waals surface area contributed by atoms with Crippen LogP contribution in [0, 0.1) is 0 Å². The molecule has 0 N–H and O–H groups in total. The van der Waals surface area contributed by atoms with Crippen LogP contribution >= 0.6 is 15.9 Å². The lowest BCUT2D eigenvalue weighted by atomic mass is 10.1. The first kappa shape index (κ1) is 15.9. The van der Waals surface area contributed by atoms with Gasteiger partial charge < -0.3 is 9.64 Å². The molecule has 0 bridgehead atoms. The van der Waals surface area contributed by atoms with E-state index in [1.54, 1.807) is 23.2 Å². The summed E-state index contributed by atoms with van der Waals surface area (Å²) in [5, 5.41) is 0. The number of amides is 1. The van der Waals surface area contributed by atoms with Crippen molar-refractivity contribution < 1.29 is 14.3 Å². The fourth-order valence-corrected chi connectivity index (χ4v) is 2.51. The Labute approximate surface area is 132 Å². The van der Waals surface area contributed by atoms with Gasteiger partial charge in [0.2, 0.25) is 0 Å². The Kier molecular flexibility index (Phi) is 4.66. The Balaban J connectivity index is 2.13. The molecule has 1 atom stereocenters. The Morgan fingerprint density at radius 2 is 2.10 bits per heavy atom. The second-order valence-corrected chi connectivity index (χ2v) is 6.97. The number of likely N-dealkylation sites (tertiary alicyclic amines) is 1. The average Bonchev–Trinajstić information content (AvgIpc) is 2.86. The van der Waals surface area contributed by atoms with Crippen LogP contribution in [-0.2, 0) is 9.53 Å². The topological polar surface area (TPSA) is 59.5 Å². The van der Waals surface area contributed by atoms with Gasteiger partial charge in [0, 0.05) is 17.2 Å². The lowest BCUT2D eigenvalue weighted by Gasteiger charge is -2.27. The van der Waals surface area contributed by atoms with Crippen molar-refractivity contribution in [3.8, 4) is 0 Å². The van der Waals surface area contributed by atoms with E-state index in [-0.39, 0.29) is 11.9 Å².